The van der Waals surface area contributed by atoms with Crippen LogP contribution in [0.3, 0.4) is 0 Å². The van der Waals surface area contributed by atoms with Gasteiger partial charge < -0.3 is 20.9 Å². The molecule has 3 fully saturated rings. The van der Waals surface area contributed by atoms with Gasteiger partial charge in [0, 0.05) is 58.3 Å². The number of hydrogen-bond acceptors (Lipinski definition) is 9. The van der Waals surface area contributed by atoms with Crippen LogP contribution in [0.25, 0.3) is 27.9 Å². The molecular weight excluding hydrogens is 736 g/mol. The van der Waals surface area contributed by atoms with Crippen LogP contribution in [-0.2, 0) is 23.1 Å². The number of nitrogens with one attached hydrogen (secondary N) is 4. The number of urea groups is 1. The number of hydrogen-bond donors (Lipinski definition) is 4. The van der Waals surface area contributed by atoms with E-state index in [2.05, 4.69) is 36.4 Å². The largest absolute Gasteiger partial charge is 0.385 e. The number of aromatic nitrogens is 7. The number of carbonyl (C=O) groups is 4. The van der Waals surface area contributed by atoms with E-state index in [4.69, 9.17) is 0 Å². The highest BCUT2D eigenvalue weighted by molar-refractivity contribution is 6.00. The summed E-state index contributed by atoms with van der Waals surface area (Å²) in [6.45, 7) is 1.70. The predicted octanol–water partition coefficient (Wildman–Crippen LogP) is 3.26. The van der Waals surface area contributed by atoms with E-state index in [1.54, 1.807) is 29.8 Å². The molecule has 1 unspecified atom stereocenters. The first-order valence-electron chi connectivity index (χ1n) is 19.7. The lowest BCUT2D eigenvalue weighted by Crippen LogP contribution is -2.54. The number of alkyl halides is 1. The highest BCUT2D eigenvalue weighted by Crippen LogP contribution is 2.29. The van der Waals surface area contributed by atoms with E-state index in [0.29, 0.717) is 55.0 Å². The van der Waals surface area contributed by atoms with Crippen molar-refractivity contribution in [3.63, 3.8) is 0 Å². The van der Waals surface area contributed by atoms with Crippen LogP contribution in [0.2, 0.25) is 0 Å². The van der Waals surface area contributed by atoms with Gasteiger partial charge in [-0.15, -0.1) is 0 Å². The van der Waals surface area contributed by atoms with Crippen molar-refractivity contribution in [1.29, 1.82) is 0 Å². The summed E-state index contributed by atoms with van der Waals surface area (Å²) in [6, 6.07) is 6.57. The molecule has 17 nitrogen and oxygen atoms in total. The third-order valence-corrected chi connectivity index (χ3v) is 11.3. The molecular formula is C39H47FN12O5. The fourth-order valence-electron chi connectivity index (χ4n) is 7.73. The van der Waals surface area contributed by atoms with Crippen LogP contribution in [0.15, 0.2) is 47.7 Å². The Kier molecular flexibility index (Phi) is 10.5. The van der Waals surface area contributed by atoms with E-state index in [1.807, 2.05) is 35.1 Å². The number of nitrogens with zero attached hydrogens (tertiary/aromatic N) is 8. The molecule has 8 rings (SSSR count). The molecule has 18 heteroatoms. The highest BCUT2D eigenvalue weighted by atomic mass is 19.1. The van der Waals surface area contributed by atoms with Crippen LogP contribution in [0.1, 0.15) is 85.9 Å². The maximum atomic E-state index is 13.4. The predicted molar refractivity (Wildman–Crippen MR) is 209 cm³/mol. The normalized spacial score (nSPS) is 19.5. The molecule has 5 amide bonds. The molecule has 1 aliphatic carbocycles. The molecule has 0 spiro atoms. The number of rotatable bonds is 15. The van der Waals surface area contributed by atoms with Crippen LogP contribution in [0, 0.1) is 0 Å². The average molecular weight is 783 g/mol. The van der Waals surface area contributed by atoms with Crippen LogP contribution in [0.4, 0.5) is 14.9 Å². The second kappa shape index (κ2) is 15.8. The maximum absolute atomic E-state index is 13.4. The molecule has 6 heterocycles. The third kappa shape index (κ3) is 7.72. The first-order valence-corrected chi connectivity index (χ1v) is 19.7. The lowest BCUT2D eigenvalue weighted by Gasteiger charge is -2.39. The van der Waals surface area contributed by atoms with Gasteiger partial charge in [0.15, 0.2) is 11.3 Å². The quantitative estimate of drug-likeness (QED) is 0.0911. The average Bonchev–Trinajstić information content (AvgIpc) is 3.49. The summed E-state index contributed by atoms with van der Waals surface area (Å²) in [7, 11) is 3.47. The lowest BCUT2D eigenvalue weighted by molar-refractivity contribution is -0.135. The second-order valence-corrected chi connectivity index (χ2v) is 15.3. The minimum Gasteiger partial charge on any atom is -0.385 e. The Morgan fingerprint density at radius 2 is 1.77 bits per heavy atom. The number of piperidine rings is 1. The van der Waals surface area contributed by atoms with Crippen LogP contribution >= 0.6 is 0 Å². The van der Waals surface area contributed by atoms with Crippen molar-refractivity contribution in [3.8, 4) is 11.3 Å². The van der Waals surface area contributed by atoms with Crippen LogP contribution in [-0.4, -0.2) is 101 Å². The topological polar surface area (TPSA) is 195 Å². The summed E-state index contributed by atoms with van der Waals surface area (Å²) in [5.41, 5.74) is 5.06. The number of aryl methyl sites for hydroxylation is 2. The second-order valence-electron chi connectivity index (χ2n) is 15.3. The minimum atomic E-state index is -1.02. The molecule has 0 bridgehead atoms. The first kappa shape index (κ1) is 37.8. The Morgan fingerprint density at radius 1 is 1.00 bits per heavy atom. The summed E-state index contributed by atoms with van der Waals surface area (Å²) in [4.78, 5) is 68.8. The molecule has 1 aromatic carbocycles. The summed E-state index contributed by atoms with van der Waals surface area (Å²) >= 11 is 0. The van der Waals surface area contributed by atoms with Gasteiger partial charge in [-0.3, -0.25) is 33.5 Å². The van der Waals surface area contributed by atoms with Gasteiger partial charge in [-0.2, -0.15) is 10.2 Å². The molecule has 1 saturated carbocycles. The Hall–Kier alpha value is -6.07. The Morgan fingerprint density at radius 3 is 2.53 bits per heavy atom. The maximum Gasteiger partial charge on any atom is 0.329 e. The molecule has 2 aliphatic heterocycles. The van der Waals surface area contributed by atoms with Gasteiger partial charge >= 0.3 is 11.7 Å². The Balaban J connectivity index is 0.736. The molecule has 4 aromatic heterocycles. The third-order valence-electron chi connectivity index (χ3n) is 11.3. The number of benzene rings is 1. The first-order chi connectivity index (χ1) is 27.6. The smallest absolute Gasteiger partial charge is 0.329 e. The number of anilines is 1. The number of likely N-dealkylation sites (tertiary alicyclic amines) is 1. The fourth-order valence-corrected chi connectivity index (χ4v) is 7.73. The van der Waals surface area contributed by atoms with E-state index in [0.717, 1.165) is 61.6 Å². The zero-order valence-corrected chi connectivity index (χ0v) is 32.0. The number of carbonyl (C=O) groups excluding carboxylic acids is 4. The number of unbranched alkanes of at least 4 members (excludes halogenated alkanes) is 5. The SMILES string of the molecule is CNc1cc(-c2cnn(C3CN(C(=O)NCCCCCCCCc4ccc5c(c4)n(C)c(=O)n5C4CCC(=O)NC4=O)C3)c2)nn2c(C(=O)N[C@@H]3C[C@@H]3F)cnc12. The fraction of sp³-hybridized carbons (Fsp3) is 0.487. The molecule has 2 saturated heterocycles. The molecule has 4 N–H and O–H groups in total. The van der Waals surface area contributed by atoms with Gasteiger partial charge in [-0.05, 0) is 49.4 Å². The summed E-state index contributed by atoms with van der Waals surface area (Å²) in [6.07, 6.45) is 12.0. The summed E-state index contributed by atoms with van der Waals surface area (Å²) in [5.74, 6) is -1.17. The molecule has 57 heavy (non-hydrogen) atoms. The van der Waals surface area contributed by atoms with E-state index in [-0.39, 0.29) is 35.8 Å². The minimum absolute atomic E-state index is 0.0338. The van der Waals surface area contributed by atoms with E-state index >= 15 is 0 Å². The monoisotopic (exact) mass is 782 g/mol. The number of halogens is 1. The van der Waals surface area contributed by atoms with E-state index in [1.165, 1.54) is 15.3 Å². The molecule has 3 aliphatic rings. The zero-order valence-electron chi connectivity index (χ0n) is 32.0. The van der Waals surface area contributed by atoms with Crippen molar-refractivity contribution in [2.45, 2.75) is 88.5 Å². The molecule has 300 valence electrons. The standard InChI is InChI=1S/C39H47FN12O5/c1-41-29-17-27(47-52-33(19-43-35(29)52)37(55)45-28-16-26(28)40)24-18-44-50(20-24)25-21-49(22-25)38(56)42-14-8-6-4-3-5-7-9-23-10-11-30-32(15-23)48(2)39(57)51(30)31-12-13-34(53)46-36(31)54/h10-11,15,17-20,25-26,28,31,41H,3-9,12-14,16,21-22H2,1-2H3,(H,42,56)(H,45,55)(H,46,53,54)/t26-,28+,31?/m0/s1. The lowest BCUT2D eigenvalue weighted by atomic mass is 10.0. The van der Waals surface area contributed by atoms with Gasteiger partial charge in [0.25, 0.3) is 5.91 Å². The molecule has 3 atom stereocenters. The Labute approximate surface area is 327 Å². The summed E-state index contributed by atoms with van der Waals surface area (Å²) in [5, 5.41) is 20.4. The zero-order chi connectivity index (χ0) is 39.8. The van der Waals surface area contributed by atoms with Gasteiger partial charge in [0.05, 0.1) is 46.9 Å². The van der Waals surface area contributed by atoms with Crippen molar-refractivity contribution in [2.24, 2.45) is 7.05 Å². The molecule has 0 radical (unpaired) electrons. The van der Waals surface area contributed by atoms with Crippen molar-refractivity contribution in [3.05, 3.63) is 64.6 Å². The Bertz CT molecular complexity index is 2410. The van der Waals surface area contributed by atoms with Crippen LogP contribution < -0.4 is 27.0 Å². The molecule has 5 aromatic rings. The number of amides is 5. The summed E-state index contributed by atoms with van der Waals surface area (Å²) < 4.78 is 19.8. The van der Waals surface area contributed by atoms with Gasteiger partial charge in [0.1, 0.15) is 12.2 Å². The highest BCUT2D eigenvalue weighted by Gasteiger charge is 2.39. The van der Waals surface area contributed by atoms with Gasteiger partial charge in [0.2, 0.25) is 11.8 Å². The number of fused-ring (bicyclic) bond motifs is 2. The number of imidazole rings is 2. The van der Waals surface area contributed by atoms with E-state index < -0.39 is 30.1 Å². The number of imide groups is 1. The van der Waals surface area contributed by atoms with Crippen molar-refractivity contribution in [1.82, 2.24) is 54.4 Å². The van der Waals surface area contributed by atoms with E-state index in [9.17, 15) is 28.4 Å². The van der Waals surface area contributed by atoms with Crippen LogP contribution in [0.5, 0.6) is 0 Å². The van der Waals surface area contributed by atoms with Crippen molar-refractivity contribution >= 4 is 46.1 Å². The van der Waals surface area contributed by atoms with Crippen molar-refractivity contribution in [2.75, 3.05) is 32.0 Å². The van der Waals surface area contributed by atoms with Gasteiger partial charge in [-0.1, -0.05) is 31.7 Å². The van der Waals surface area contributed by atoms with Crippen molar-refractivity contribution < 1.29 is 23.6 Å². The van der Waals surface area contributed by atoms with Gasteiger partial charge in [-0.25, -0.2) is 23.5 Å².